The summed E-state index contributed by atoms with van der Waals surface area (Å²) >= 11 is 0. The molecule has 44 heavy (non-hydrogen) atoms. The van der Waals surface area contributed by atoms with Gasteiger partial charge in [-0.1, -0.05) is 51.5 Å². The van der Waals surface area contributed by atoms with Gasteiger partial charge in [-0.15, -0.1) is 7.92 Å². The molecular formula is C25H56N10O5P4. The van der Waals surface area contributed by atoms with Crippen LogP contribution in [0.25, 0.3) is 0 Å². The second kappa shape index (κ2) is 27.4. The molecule has 0 heterocycles. The van der Waals surface area contributed by atoms with Crippen LogP contribution in [0.5, 0.6) is 0 Å². The average Bonchev–Trinajstić information content (AvgIpc) is 3.03. The summed E-state index contributed by atoms with van der Waals surface area (Å²) in [6, 6.07) is -1.34. The Morgan fingerprint density at radius 2 is 0.659 bits per heavy atom. The van der Waals surface area contributed by atoms with Crippen molar-refractivity contribution in [2.24, 2.45) is 0 Å². The fraction of sp³-hybridized carbons (Fsp3) is 0.800. The lowest BCUT2D eigenvalue weighted by Crippen LogP contribution is -2.41. The predicted molar refractivity (Wildman–Crippen MR) is 189 cm³/mol. The third-order valence-electron chi connectivity index (χ3n) is 6.45. The molecule has 15 nitrogen and oxygen atoms in total. The van der Waals surface area contributed by atoms with Crippen molar-refractivity contribution < 1.29 is 24.0 Å². The van der Waals surface area contributed by atoms with Gasteiger partial charge in [0, 0.05) is 64.9 Å². The van der Waals surface area contributed by atoms with E-state index in [1.165, 1.54) is 19.4 Å². The van der Waals surface area contributed by atoms with E-state index in [0.29, 0.717) is 57.0 Å². The minimum absolute atomic E-state index is 0.00524. The number of hydrogen-bond donors (Lipinski definition) is 10. The van der Waals surface area contributed by atoms with E-state index in [2.05, 4.69) is 67.0 Å². The minimum atomic E-state index is -0.872. The molecule has 256 valence electrons. The molecule has 0 aliphatic carbocycles. The largest absolute Gasteiger partial charge is 0.341 e. The normalized spacial score (nSPS) is 12.6. The van der Waals surface area contributed by atoms with Crippen LogP contribution in [0, 0.1) is 0 Å². The first-order valence-corrected chi connectivity index (χ1v) is 22.6. The summed E-state index contributed by atoms with van der Waals surface area (Å²) in [6.07, 6.45) is 8.35. The summed E-state index contributed by atoms with van der Waals surface area (Å²) in [7, 11) is 0.998. The Labute approximate surface area is 268 Å². The van der Waals surface area contributed by atoms with E-state index in [1.54, 1.807) is 7.05 Å². The van der Waals surface area contributed by atoms with Gasteiger partial charge in [-0.25, -0.2) is 24.0 Å². The third-order valence-corrected chi connectivity index (χ3v) is 15.4. The van der Waals surface area contributed by atoms with Gasteiger partial charge >= 0.3 is 30.2 Å². The number of carbonyl (C=O) groups is 5. The Morgan fingerprint density at radius 3 is 1.02 bits per heavy atom. The fourth-order valence-electron chi connectivity index (χ4n) is 3.43. The Bertz CT molecular complexity index is 845. The van der Waals surface area contributed by atoms with Crippen LogP contribution in [-0.4, -0.2) is 132 Å². The minimum Gasteiger partial charge on any atom is -0.341 e. The van der Waals surface area contributed by atoms with E-state index in [0.717, 1.165) is 18.5 Å². The summed E-state index contributed by atoms with van der Waals surface area (Å²) in [4.78, 5) is 60.2. The average molecular weight is 701 g/mol. The lowest BCUT2D eigenvalue weighted by Gasteiger charge is -2.22. The van der Waals surface area contributed by atoms with Gasteiger partial charge in [0.15, 0.2) is 0 Å². The predicted octanol–water partition coefficient (Wildman–Crippen LogP) is 2.49. The van der Waals surface area contributed by atoms with Crippen molar-refractivity contribution in [3.8, 4) is 0 Å². The topological polar surface area (TPSA) is 206 Å². The van der Waals surface area contributed by atoms with Gasteiger partial charge in [0.05, 0.1) is 0 Å². The lowest BCUT2D eigenvalue weighted by atomic mass is 10.7. The molecule has 3 atom stereocenters. The molecule has 3 unspecified atom stereocenters. The van der Waals surface area contributed by atoms with Crippen LogP contribution >= 0.6 is 31.7 Å². The number of amides is 10. The van der Waals surface area contributed by atoms with Crippen LogP contribution in [-0.2, 0) is 0 Å². The maximum absolute atomic E-state index is 12.6. The standard InChI is InChI=1S/C25H56N10O5P4/c1-7-41(8-2)13-11-29-23(38)31-16-43(10-4)18-33-25(40)35-20-44(14-12-28-21(36)26-5)19-34-24(39)32-17-42(9-3)15-30-22(37)27-6/h7-20H2,1-6H3,(H2,26,28,36)(H2,27,30,37)(H2,29,31,38)(H2,32,34,39)(H2,33,35,40). The molecule has 0 saturated carbocycles. The van der Waals surface area contributed by atoms with Crippen molar-refractivity contribution in [3.05, 3.63) is 0 Å². The zero-order valence-electron chi connectivity index (χ0n) is 27.2. The summed E-state index contributed by atoms with van der Waals surface area (Å²) in [6.45, 7) is 9.52. The Balaban J connectivity index is 4.63. The number of rotatable bonds is 22. The SMILES string of the molecule is CCP(CC)CCNC(=O)NCP(CC)CNC(=O)NCP(CCNC(=O)NC)CNC(=O)NCP(CC)CNC(=O)NC. The van der Waals surface area contributed by atoms with E-state index >= 15 is 0 Å². The maximum atomic E-state index is 12.6. The smallest absolute Gasteiger partial charge is 0.315 e. The molecule has 0 aromatic heterocycles. The Hall–Kier alpha value is -1.93. The first-order valence-electron chi connectivity index (χ1n) is 15.0. The lowest BCUT2D eigenvalue weighted by molar-refractivity contribution is 0.242. The third kappa shape index (κ3) is 22.6. The Kier molecular flexibility index (Phi) is 26.2. The van der Waals surface area contributed by atoms with Crippen LogP contribution < -0.4 is 53.2 Å². The van der Waals surface area contributed by atoms with Crippen LogP contribution in [0.2, 0.25) is 0 Å². The van der Waals surface area contributed by atoms with Gasteiger partial charge in [0.1, 0.15) is 0 Å². The van der Waals surface area contributed by atoms with Crippen LogP contribution in [0.3, 0.4) is 0 Å². The second-order valence-corrected chi connectivity index (χ2v) is 20.1. The quantitative estimate of drug-likeness (QED) is 0.0771. The highest BCUT2D eigenvalue weighted by Crippen LogP contribution is 2.34. The van der Waals surface area contributed by atoms with Gasteiger partial charge in [0.25, 0.3) is 0 Å². The van der Waals surface area contributed by atoms with Crippen LogP contribution in [0.4, 0.5) is 24.0 Å². The van der Waals surface area contributed by atoms with Crippen molar-refractivity contribution in [2.75, 3.05) is 102 Å². The van der Waals surface area contributed by atoms with Gasteiger partial charge in [-0.3, -0.25) is 0 Å². The molecule has 0 rings (SSSR count). The second-order valence-electron chi connectivity index (χ2n) is 9.40. The van der Waals surface area contributed by atoms with Crippen molar-refractivity contribution >= 4 is 61.8 Å². The van der Waals surface area contributed by atoms with Crippen LogP contribution in [0.15, 0.2) is 0 Å². The molecule has 0 aliphatic rings. The zero-order valence-corrected chi connectivity index (χ0v) is 30.8. The first kappa shape index (κ1) is 42.1. The molecule has 10 amide bonds. The number of nitrogens with one attached hydrogen (secondary N) is 10. The van der Waals surface area contributed by atoms with Gasteiger partial charge in [0.2, 0.25) is 0 Å². The van der Waals surface area contributed by atoms with Crippen molar-refractivity contribution in [3.63, 3.8) is 0 Å². The summed E-state index contributed by atoms with van der Waals surface area (Å²) in [5.41, 5.74) is 0. The summed E-state index contributed by atoms with van der Waals surface area (Å²) < 4.78 is 0. The first-order chi connectivity index (χ1) is 21.1. The molecule has 0 aromatic carbocycles. The molecule has 19 heteroatoms. The van der Waals surface area contributed by atoms with E-state index in [4.69, 9.17) is 0 Å². The molecule has 0 aromatic rings. The molecular weight excluding hydrogens is 644 g/mol. The molecule has 0 radical (unpaired) electrons. The van der Waals surface area contributed by atoms with Crippen molar-refractivity contribution in [1.29, 1.82) is 0 Å². The van der Waals surface area contributed by atoms with E-state index in [9.17, 15) is 24.0 Å². The summed E-state index contributed by atoms with van der Waals surface area (Å²) in [5, 5.41) is 27.9. The highest BCUT2D eigenvalue weighted by molar-refractivity contribution is 7.58. The highest BCUT2D eigenvalue weighted by Gasteiger charge is 2.15. The highest BCUT2D eigenvalue weighted by atomic mass is 31.1. The van der Waals surface area contributed by atoms with Gasteiger partial charge < -0.3 is 53.2 Å². The number of carbonyl (C=O) groups excluding carboxylic acids is 5. The molecule has 0 bridgehead atoms. The van der Waals surface area contributed by atoms with Crippen molar-refractivity contribution in [1.82, 2.24) is 53.2 Å². The molecule has 0 spiro atoms. The number of hydrogen-bond acceptors (Lipinski definition) is 5. The molecule has 0 aliphatic heterocycles. The van der Waals surface area contributed by atoms with Crippen molar-refractivity contribution in [2.45, 2.75) is 27.7 Å². The monoisotopic (exact) mass is 700 g/mol. The Morgan fingerprint density at radius 1 is 0.386 bits per heavy atom. The van der Waals surface area contributed by atoms with E-state index in [-0.39, 0.29) is 38.1 Å². The molecule has 0 saturated heterocycles. The van der Waals surface area contributed by atoms with Gasteiger partial charge in [-0.05, 0) is 37.0 Å². The maximum Gasteiger partial charge on any atom is 0.315 e. The fourth-order valence-corrected chi connectivity index (χ4v) is 9.12. The van der Waals surface area contributed by atoms with Gasteiger partial charge in [-0.2, -0.15) is 0 Å². The van der Waals surface area contributed by atoms with E-state index in [1.807, 2.05) is 13.8 Å². The van der Waals surface area contributed by atoms with E-state index < -0.39 is 23.8 Å². The summed E-state index contributed by atoms with van der Waals surface area (Å²) in [5.74, 6) is 0. The number of urea groups is 5. The molecule has 0 fully saturated rings. The van der Waals surface area contributed by atoms with Crippen LogP contribution in [0.1, 0.15) is 27.7 Å². The molecule has 10 N–H and O–H groups in total. The zero-order chi connectivity index (χ0) is 33.2.